The highest BCUT2D eigenvalue weighted by Crippen LogP contribution is 2.10. The van der Waals surface area contributed by atoms with Crippen molar-refractivity contribution in [3.8, 4) is 0 Å². The minimum absolute atomic E-state index is 0.150. The lowest BCUT2D eigenvalue weighted by atomic mass is 10.1. The third kappa shape index (κ3) is 12.4. The van der Waals surface area contributed by atoms with Crippen LogP contribution in [0.15, 0.2) is 36.6 Å². The summed E-state index contributed by atoms with van der Waals surface area (Å²) in [5, 5.41) is 8.80. The van der Waals surface area contributed by atoms with E-state index in [1.165, 1.54) is 75.5 Å². The molecule has 0 atom stereocenters. The summed E-state index contributed by atoms with van der Waals surface area (Å²) in [5.41, 5.74) is 0.494. The van der Waals surface area contributed by atoms with Crippen LogP contribution in [-0.4, -0.2) is 29.0 Å². The number of benzene rings is 1. The number of carbonyl (C=O) groups excluding carboxylic acids is 3. The molecule has 0 bridgehead atoms. The molecule has 1 aliphatic heterocycles. The van der Waals surface area contributed by atoms with Gasteiger partial charge in [0.15, 0.2) is 0 Å². The quantitative estimate of drug-likeness (QED) is 0.203. The monoisotopic (exact) mass is 432 g/mol. The van der Waals surface area contributed by atoms with E-state index < -0.39 is 23.9 Å². The normalized spacial score (nSPS) is 12.9. The highest BCUT2D eigenvalue weighted by atomic mass is 16.6. The van der Waals surface area contributed by atoms with Crippen molar-refractivity contribution in [1.29, 1.82) is 0 Å². The van der Waals surface area contributed by atoms with Crippen molar-refractivity contribution in [3.63, 3.8) is 0 Å². The second-order valence-electron chi connectivity index (χ2n) is 7.27. The Morgan fingerprint density at radius 3 is 1.90 bits per heavy atom. The second kappa shape index (κ2) is 15.8. The van der Waals surface area contributed by atoms with Crippen LogP contribution in [0.3, 0.4) is 0 Å². The second-order valence-corrected chi connectivity index (χ2v) is 7.27. The Hall–Kier alpha value is -2.96. The van der Waals surface area contributed by atoms with Crippen LogP contribution in [0.4, 0.5) is 0 Å². The van der Waals surface area contributed by atoms with Crippen molar-refractivity contribution in [2.24, 2.45) is 0 Å². The molecule has 7 nitrogen and oxygen atoms in total. The molecule has 0 saturated carbocycles. The summed E-state index contributed by atoms with van der Waals surface area (Å²) in [6.45, 7) is 2.23. The van der Waals surface area contributed by atoms with Gasteiger partial charge < -0.3 is 14.6 Å². The number of hydrogen-bond acceptors (Lipinski definition) is 6. The van der Waals surface area contributed by atoms with Crippen molar-refractivity contribution in [1.82, 2.24) is 0 Å². The molecule has 0 radical (unpaired) electrons. The van der Waals surface area contributed by atoms with Crippen molar-refractivity contribution in [2.75, 3.05) is 0 Å². The van der Waals surface area contributed by atoms with E-state index in [1.807, 2.05) is 6.08 Å². The summed E-state index contributed by atoms with van der Waals surface area (Å²) in [5.74, 6) is -2.28. The summed E-state index contributed by atoms with van der Waals surface area (Å²) in [6.07, 6.45) is 14.9. The van der Waals surface area contributed by atoms with Gasteiger partial charge in [-0.25, -0.2) is 9.59 Å². The molecule has 2 rings (SSSR count). The number of esters is 3. The third-order valence-electron chi connectivity index (χ3n) is 4.62. The number of cyclic esters (lactones) is 2. The van der Waals surface area contributed by atoms with Crippen LogP contribution in [-0.2, 0) is 19.1 Å². The average molecular weight is 433 g/mol. The molecule has 1 heterocycles. The SMILES string of the molecule is CCCCCCCCCCC=COC(=O)c1ccc(C(=O)O)cc1.O=C1CCC(=O)O1. The fraction of sp³-hybridized carbons (Fsp3) is 0.500. The Morgan fingerprint density at radius 1 is 0.903 bits per heavy atom. The molecular formula is C24H32O7. The van der Waals surface area contributed by atoms with Crippen molar-refractivity contribution >= 4 is 23.9 Å². The number of carboxylic acids is 1. The lowest BCUT2D eigenvalue weighted by molar-refractivity contribution is -0.151. The van der Waals surface area contributed by atoms with Gasteiger partial charge in [-0.05, 0) is 43.2 Å². The number of hydrogen-bond donors (Lipinski definition) is 1. The van der Waals surface area contributed by atoms with Crippen LogP contribution >= 0.6 is 0 Å². The van der Waals surface area contributed by atoms with Gasteiger partial charge in [0.05, 0.1) is 30.2 Å². The Kier molecular flexibility index (Phi) is 13.3. The van der Waals surface area contributed by atoms with Crippen LogP contribution < -0.4 is 0 Å². The van der Waals surface area contributed by atoms with E-state index in [-0.39, 0.29) is 18.4 Å². The molecule has 0 unspecified atom stereocenters. The maximum Gasteiger partial charge on any atom is 0.342 e. The first-order valence-electron chi connectivity index (χ1n) is 10.9. The van der Waals surface area contributed by atoms with E-state index in [1.54, 1.807) is 0 Å². The fourth-order valence-electron chi connectivity index (χ4n) is 2.82. The van der Waals surface area contributed by atoms with E-state index in [2.05, 4.69) is 11.7 Å². The molecule has 0 aliphatic carbocycles. The first-order chi connectivity index (χ1) is 14.9. The molecule has 1 N–H and O–H groups in total. The van der Waals surface area contributed by atoms with Crippen molar-refractivity contribution in [2.45, 2.75) is 77.6 Å². The molecule has 0 amide bonds. The van der Waals surface area contributed by atoms with E-state index in [0.29, 0.717) is 5.56 Å². The van der Waals surface area contributed by atoms with Crippen LogP contribution in [0.5, 0.6) is 0 Å². The van der Waals surface area contributed by atoms with Crippen LogP contribution in [0.25, 0.3) is 0 Å². The number of carboxylic acid groups (broad SMARTS) is 1. The largest absolute Gasteiger partial charge is 0.478 e. The highest BCUT2D eigenvalue weighted by molar-refractivity contribution is 5.93. The molecule has 1 aromatic carbocycles. The van der Waals surface area contributed by atoms with Crippen molar-refractivity contribution in [3.05, 3.63) is 47.7 Å². The minimum atomic E-state index is -1.01. The Morgan fingerprint density at radius 2 is 1.42 bits per heavy atom. The van der Waals surface area contributed by atoms with Gasteiger partial charge in [0, 0.05) is 0 Å². The fourth-order valence-corrected chi connectivity index (χ4v) is 2.82. The lowest BCUT2D eigenvalue weighted by Crippen LogP contribution is -2.02. The number of rotatable bonds is 12. The van der Waals surface area contributed by atoms with Gasteiger partial charge in [0.2, 0.25) is 0 Å². The van der Waals surface area contributed by atoms with Crippen LogP contribution in [0.1, 0.15) is 98.3 Å². The maximum absolute atomic E-state index is 11.8. The van der Waals surface area contributed by atoms with Gasteiger partial charge in [-0.15, -0.1) is 0 Å². The molecule has 7 heteroatoms. The zero-order valence-electron chi connectivity index (χ0n) is 18.1. The molecule has 1 aliphatic rings. The zero-order valence-corrected chi connectivity index (χ0v) is 18.1. The predicted octanol–water partition coefficient (Wildman–Crippen LogP) is 5.44. The molecule has 1 saturated heterocycles. The first kappa shape index (κ1) is 26.1. The first-order valence-corrected chi connectivity index (χ1v) is 10.9. The smallest absolute Gasteiger partial charge is 0.342 e. The van der Waals surface area contributed by atoms with E-state index in [4.69, 9.17) is 9.84 Å². The van der Waals surface area contributed by atoms with Crippen molar-refractivity contribution < 1.29 is 33.8 Å². The summed E-state index contributed by atoms with van der Waals surface area (Å²) < 4.78 is 9.12. The van der Waals surface area contributed by atoms with Crippen LogP contribution in [0.2, 0.25) is 0 Å². The number of ether oxygens (including phenoxy) is 2. The van der Waals surface area contributed by atoms with Crippen LogP contribution in [0, 0.1) is 0 Å². The highest BCUT2D eigenvalue weighted by Gasteiger charge is 2.19. The number of carbonyl (C=O) groups is 4. The number of allylic oxidation sites excluding steroid dienone is 1. The molecule has 1 aromatic rings. The van der Waals surface area contributed by atoms with Gasteiger partial charge in [0.25, 0.3) is 0 Å². The predicted molar refractivity (Wildman–Crippen MR) is 116 cm³/mol. The molecule has 0 spiro atoms. The maximum atomic E-state index is 11.8. The average Bonchev–Trinajstić information content (AvgIpc) is 3.14. The minimum Gasteiger partial charge on any atom is -0.478 e. The Bertz CT molecular complexity index is 721. The summed E-state index contributed by atoms with van der Waals surface area (Å²) in [4.78, 5) is 42.5. The molecule has 1 fully saturated rings. The molecule has 31 heavy (non-hydrogen) atoms. The van der Waals surface area contributed by atoms with Gasteiger partial charge in [0.1, 0.15) is 0 Å². The summed E-state index contributed by atoms with van der Waals surface area (Å²) in [6, 6.07) is 5.70. The molecular weight excluding hydrogens is 400 g/mol. The molecule has 170 valence electrons. The molecule has 0 aromatic heterocycles. The standard InChI is InChI=1S/C20H28O4.C4H4O3/c1-2-3-4-5-6-7-8-9-10-11-16-24-20(23)18-14-12-17(13-15-18)19(21)22;5-3-1-2-4(6)7-3/h11-16H,2-10H2,1H3,(H,21,22);1-2H2. The summed E-state index contributed by atoms with van der Waals surface area (Å²) >= 11 is 0. The Labute approximate surface area is 183 Å². The topological polar surface area (TPSA) is 107 Å². The van der Waals surface area contributed by atoms with Gasteiger partial charge >= 0.3 is 23.9 Å². The summed E-state index contributed by atoms with van der Waals surface area (Å²) in [7, 11) is 0. The number of unbranched alkanes of at least 4 members (excludes halogenated alkanes) is 8. The van der Waals surface area contributed by atoms with Gasteiger partial charge in [-0.3, -0.25) is 9.59 Å². The van der Waals surface area contributed by atoms with Gasteiger partial charge in [-0.1, -0.05) is 51.9 Å². The van der Waals surface area contributed by atoms with Gasteiger partial charge in [-0.2, -0.15) is 0 Å². The Balaban J connectivity index is 0.000000577. The van der Waals surface area contributed by atoms with E-state index in [9.17, 15) is 19.2 Å². The van der Waals surface area contributed by atoms with E-state index >= 15 is 0 Å². The van der Waals surface area contributed by atoms with E-state index in [0.717, 1.165) is 12.8 Å². The number of aromatic carboxylic acids is 1. The lowest BCUT2D eigenvalue weighted by Gasteiger charge is -2.01. The third-order valence-corrected chi connectivity index (χ3v) is 4.62. The zero-order chi connectivity index (χ0) is 22.9.